The third-order valence-electron chi connectivity index (χ3n) is 4.99. The Labute approximate surface area is 114 Å². The molecule has 2 rings (SSSR count). The first-order valence-electron chi connectivity index (χ1n) is 8.29. The maximum atomic E-state index is 3.84. The minimum Gasteiger partial charge on any atom is -0.309 e. The van der Waals surface area contributed by atoms with Gasteiger partial charge in [0.15, 0.2) is 0 Å². The van der Waals surface area contributed by atoms with Crippen LogP contribution in [0.25, 0.3) is 0 Å². The van der Waals surface area contributed by atoms with Crippen LogP contribution in [-0.4, -0.2) is 36.1 Å². The molecule has 0 radical (unpaired) electrons. The van der Waals surface area contributed by atoms with Crippen molar-refractivity contribution in [3.05, 3.63) is 0 Å². The maximum Gasteiger partial charge on any atom is 0.0309 e. The fourth-order valence-electron chi connectivity index (χ4n) is 3.97. The van der Waals surface area contributed by atoms with Crippen LogP contribution in [0.1, 0.15) is 71.6 Å². The first-order valence-corrected chi connectivity index (χ1v) is 8.29. The van der Waals surface area contributed by atoms with E-state index in [0.29, 0.717) is 5.54 Å². The third-order valence-corrected chi connectivity index (χ3v) is 4.99. The summed E-state index contributed by atoms with van der Waals surface area (Å²) in [5, 5.41) is 3.84. The van der Waals surface area contributed by atoms with Crippen molar-refractivity contribution in [1.82, 2.24) is 10.2 Å². The van der Waals surface area contributed by atoms with Crippen molar-refractivity contribution in [2.24, 2.45) is 0 Å². The fourth-order valence-corrected chi connectivity index (χ4v) is 3.97. The smallest absolute Gasteiger partial charge is 0.0309 e. The number of rotatable bonds is 6. The lowest BCUT2D eigenvalue weighted by Crippen LogP contribution is -2.61. The zero-order chi connectivity index (χ0) is 12.8. The molecule has 0 aromatic heterocycles. The zero-order valence-electron chi connectivity index (χ0n) is 12.5. The quantitative estimate of drug-likeness (QED) is 0.777. The maximum absolute atomic E-state index is 3.84. The summed E-state index contributed by atoms with van der Waals surface area (Å²) < 4.78 is 0. The highest BCUT2D eigenvalue weighted by molar-refractivity contribution is 4.99. The van der Waals surface area contributed by atoms with Crippen LogP contribution >= 0.6 is 0 Å². The molecule has 18 heavy (non-hydrogen) atoms. The summed E-state index contributed by atoms with van der Waals surface area (Å²) in [5.74, 6) is 0. The topological polar surface area (TPSA) is 15.3 Å². The van der Waals surface area contributed by atoms with Gasteiger partial charge in [-0.05, 0) is 25.7 Å². The van der Waals surface area contributed by atoms with Crippen molar-refractivity contribution in [3.8, 4) is 0 Å². The first kappa shape index (κ1) is 14.3. The molecule has 0 bridgehead atoms. The van der Waals surface area contributed by atoms with Crippen LogP contribution in [0.2, 0.25) is 0 Å². The van der Waals surface area contributed by atoms with Gasteiger partial charge in [-0.1, -0.05) is 46.0 Å². The van der Waals surface area contributed by atoms with Crippen LogP contribution in [0, 0.1) is 0 Å². The Morgan fingerprint density at radius 3 is 2.56 bits per heavy atom. The third kappa shape index (κ3) is 3.48. The highest BCUT2D eigenvalue weighted by Crippen LogP contribution is 2.33. The molecule has 1 atom stereocenters. The van der Waals surface area contributed by atoms with Gasteiger partial charge in [0.2, 0.25) is 0 Å². The Balaban J connectivity index is 1.91. The van der Waals surface area contributed by atoms with Crippen LogP contribution in [0.15, 0.2) is 0 Å². The van der Waals surface area contributed by atoms with Crippen LogP contribution in [0.4, 0.5) is 0 Å². The molecule has 0 amide bonds. The Morgan fingerprint density at radius 2 is 1.89 bits per heavy atom. The van der Waals surface area contributed by atoms with E-state index in [1.807, 2.05) is 0 Å². The van der Waals surface area contributed by atoms with Crippen molar-refractivity contribution < 1.29 is 0 Å². The Morgan fingerprint density at radius 1 is 1.11 bits per heavy atom. The normalized spacial score (nSPS) is 25.7. The molecule has 1 spiro atoms. The second-order valence-electron chi connectivity index (χ2n) is 6.47. The van der Waals surface area contributed by atoms with Crippen LogP contribution < -0.4 is 5.32 Å². The molecule has 2 fully saturated rings. The molecule has 1 N–H and O–H groups in total. The molecular formula is C16H32N2. The second-order valence-corrected chi connectivity index (χ2v) is 6.47. The molecule has 1 unspecified atom stereocenters. The fraction of sp³-hybridized carbons (Fsp3) is 1.00. The highest BCUT2D eigenvalue weighted by atomic mass is 15.2. The van der Waals surface area contributed by atoms with Crippen molar-refractivity contribution in [2.75, 3.05) is 19.6 Å². The Hall–Kier alpha value is -0.0800. The van der Waals surface area contributed by atoms with Crippen molar-refractivity contribution in [1.29, 1.82) is 0 Å². The summed E-state index contributed by atoms with van der Waals surface area (Å²) in [6.07, 6.45) is 12.6. The molecule has 1 saturated carbocycles. The molecular weight excluding hydrogens is 220 g/mol. The molecule has 2 heteroatoms. The van der Waals surface area contributed by atoms with E-state index in [2.05, 4.69) is 24.1 Å². The summed E-state index contributed by atoms with van der Waals surface area (Å²) in [5.41, 5.74) is 0.496. The van der Waals surface area contributed by atoms with Crippen LogP contribution in [0.5, 0.6) is 0 Å². The van der Waals surface area contributed by atoms with Gasteiger partial charge in [-0.2, -0.15) is 0 Å². The molecule has 0 aromatic carbocycles. The van der Waals surface area contributed by atoms with E-state index in [9.17, 15) is 0 Å². The van der Waals surface area contributed by atoms with Crippen molar-refractivity contribution in [2.45, 2.75) is 83.2 Å². The Kier molecular flexibility index (Phi) is 5.50. The number of nitrogens with zero attached hydrogens (tertiary/aromatic N) is 1. The van der Waals surface area contributed by atoms with Crippen LogP contribution in [-0.2, 0) is 0 Å². The summed E-state index contributed by atoms with van der Waals surface area (Å²) in [7, 11) is 0. The summed E-state index contributed by atoms with van der Waals surface area (Å²) in [4.78, 5) is 2.82. The molecule has 1 saturated heterocycles. The molecule has 2 nitrogen and oxygen atoms in total. The molecule has 106 valence electrons. The summed E-state index contributed by atoms with van der Waals surface area (Å²) >= 11 is 0. The van der Waals surface area contributed by atoms with E-state index in [4.69, 9.17) is 0 Å². The van der Waals surface area contributed by atoms with Crippen molar-refractivity contribution in [3.63, 3.8) is 0 Å². The first-order chi connectivity index (χ1) is 8.79. The Bertz CT molecular complexity index is 233. The van der Waals surface area contributed by atoms with Gasteiger partial charge in [-0.3, -0.25) is 4.90 Å². The standard InChI is InChI=1S/C16H32N2/c1-3-5-9-15(8-4-2)18-13-12-17-16(14-18)10-6-7-11-16/h15,17H,3-14H2,1-2H3. The van der Waals surface area contributed by atoms with Gasteiger partial charge in [-0.15, -0.1) is 0 Å². The summed E-state index contributed by atoms with van der Waals surface area (Å²) in [6, 6.07) is 0.856. The van der Waals surface area contributed by atoms with E-state index in [1.165, 1.54) is 77.4 Å². The number of hydrogen-bond acceptors (Lipinski definition) is 2. The zero-order valence-corrected chi connectivity index (χ0v) is 12.5. The summed E-state index contributed by atoms with van der Waals surface area (Å²) in [6.45, 7) is 8.47. The lowest BCUT2D eigenvalue weighted by atomic mass is 9.92. The minimum atomic E-state index is 0.496. The second kappa shape index (κ2) is 6.91. The van der Waals surface area contributed by atoms with Gasteiger partial charge in [0.05, 0.1) is 0 Å². The average Bonchev–Trinajstić information content (AvgIpc) is 2.82. The number of unbranched alkanes of at least 4 members (excludes halogenated alkanes) is 1. The van der Waals surface area contributed by atoms with Crippen LogP contribution in [0.3, 0.4) is 0 Å². The monoisotopic (exact) mass is 252 g/mol. The van der Waals surface area contributed by atoms with Gasteiger partial charge < -0.3 is 5.32 Å². The molecule has 2 aliphatic rings. The number of nitrogens with one attached hydrogen (secondary N) is 1. The molecule has 0 aromatic rings. The van der Waals surface area contributed by atoms with Gasteiger partial charge in [-0.25, -0.2) is 0 Å². The van der Waals surface area contributed by atoms with Gasteiger partial charge in [0.1, 0.15) is 0 Å². The SMILES string of the molecule is CCCCC(CCC)N1CCNC2(CCCC2)C1. The number of hydrogen-bond donors (Lipinski definition) is 1. The van der Waals surface area contributed by atoms with Crippen molar-refractivity contribution >= 4 is 0 Å². The van der Waals surface area contributed by atoms with E-state index < -0.39 is 0 Å². The minimum absolute atomic E-state index is 0.496. The largest absolute Gasteiger partial charge is 0.309 e. The van der Waals surface area contributed by atoms with E-state index in [1.54, 1.807) is 0 Å². The van der Waals surface area contributed by atoms with Gasteiger partial charge in [0.25, 0.3) is 0 Å². The predicted molar refractivity (Wildman–Crippen MR) is 79.0 cm³/mol. The molecule has 1 aliphatic heterocycles. The predicted octanol–water partition coefficient (Wildman–Crippen LogP) is 3.56. The lowest BCUT2D eigenvalue weighted by Gasteiger charge is -2.45. The van der Waals surface area contributed by atoms with Gasteiger partial charge >= 0.3 is 0 Å². The van der Waals surface area contributed by atoms with Gasteiger partial charge in [0, 0.05) is 31.2 Å². The molecule has 1 heterocycles. The molecule has 1 aliphatic carbocycles. The van der Waals surface area contributed by atoms with E-state index in [-0.39, 0.29) is 0 Å². The average molecular weight is 252 g/mol. The van der Waals surface area contributed by atoms with E-state index in [0.717, 1.165) is 6.04 Å². The highest BCUT2D eigenvalue weighted by Gasteiger charge is 2.38. The lowest BCUT2D eigenvalue weighted by molar-refractivity contribution is 0.0838. The number of piperazine rings is 1. The van der Waals surface area contributed by atoms with E-state index >= 15 is 0 Å².